The third-order valence-electron chi connectivity index (χ3n) is 4.16. The molecule has 4 rings (SSSR count). The number of imidazole rings is 1. The van der Waals surface area contributed by atoms with E-state index in [1.165, 1.54) is 0 Å². The number of anilines is 1. The summed E-state index contributed by atoms with van der Waals surface area (Å²) in [6.45, 7) is 0. The van der Waals surface area contributed by atoms with E-state index < -0.39 is 0 Å². The quantitative estimate of drug-likeness (QED) is 0.560. The van der Waals surface area contributed by atoms with Crippen LogP contribution in [-0.2, 0) is 0 Å². The van der Waals surface area contributed by atoms with Crippen LogP contribution in [0.5, 0.6) is 11.5 Å². The summed E-state index contributed by atoms with van der Waals surface area (Å²) in [6, 6.07) is 12.7. The minimum absolute atomic E-state index is 0.249. The van der Waals surface area contributed by atoms with Crippen LogP contribution in [0.1, 0.15) is 10.4 Å². The molecule has 7 heteroatoms. The Balaban J connectivity index is 1.67. The van der Waals surface area contributed by atoms with E-state index in [0.29, 0.717) is 22.7 Å². The van der Waals surface area contributed by atoms with Crippen molar-refractivity contribution in [3.63, 3.8) is 0 Å². The number of nitrogens with one attached hydrogen (secondary N) is 1. The van der Waals surface area contributed by atoms with Crippen LogP contribution in [0.4, 0.5) is 5.69 Å². The van der Waals surface area contributed by atoms with Gasteiger partial charge in [-0.1, -0.05) is 18.2 Å². The maximum atomic E-state index is 12.8. The summed E-state index contributed by atoms with van der Waals surface area (Å²) in [6.07, 6.45) is 3.91. The van der Waals surface area contributed by atoms with Crippen LogP contribution in [0.15, 0.2) is 60.2 Å². The molecular weight excluding hydrogens is 362 g/mol. The third kappa shape index (κ3) is 3.37. The maximum absolute atomic E-state index is 12.8. The van der Waals surface area contributed by atoms with E-state index in [2.05, 4.69) is 10.3 Å². The number of thiazole rings is 1. The summed E-state index contributed by atoms with van der Waals surface area (Å²) in [5.41, 5.74) is 2.81. The molecule has 0 unspecified atom stereocenters. The summed E-state index contributed by atoms with van der Waals surface area (Å²) in [5, 5.41) is 4.95. The average Bonchev–Trinajstić information content (AvgIpc) is 3.30. The van der Waals surface area contributed by atoms with E-state index in [-0.39, 0.29) is 5.91 Å². The Hall–Kier alpha value is -3.32. The highest BCUT2D eigenvalue weighted by atomic mass is 32.1. The van der Waals surface area contributed by atoms with Crippen molar-refractivity contribution in [2.24, 2.45) is 0 Å². The number of para-hydroxylation sites is 1. The first kappa shape index (κ1) is 17.1. The lowest BCUT2D eigenvalue weighted by molar-refractivity contribution is 0.102. The zero-order chi connectivity index (χ0) is 18.8. The number of aromatic nitrogens is 2. The van der Waals surface area contributed by atoms with Crippen molar-refractivity contribution in [3.05, 3.63) is 65.8 Å². The highest BCUT2D eigenvalue weighted by Gasteiger charge is 2.14. The number of methoxy groups -OCH3 is 2. The number of amides is 1. The van der Waals surface area contributed by atoms with Crippen LogP contribution in [0.3, 0.4) is 0 Å². The smallest absolute Gasteiger partial charge is 0.255 e. The highest BCUT2D eigenvalue weighted by molar-refractivity contribution is 7.15. The Kier molecular flexibility index (Phi) is 4.52. The predicted octanol–water partition coefficient (Wildman–Crippen LogP) is 4.33. The molecule has 1 amide bonds. The fourth-order valence-electron chi connectivity index (χ4n) is 2.81. The second kappa shape index (κ2) is 7.13. The van der Waals surface area contributed by atoms with E-state index in [1.807, 2.05) is 46.4 Å². The molecule has 0 aliphatic carbocycles. The molecule has 0 saturated heterocycles. The molecule has 0 aliphatic rings. The van der Waals surface area contributed by atoms with Crippen LogP contribution >= 0.6 is 11.3 Å². The molecule has 0 saturated carbocycles. The normalized spacial score (nSPS) is 10.7. The number of hydrogen-bond donors (Lipinski definition) is 1. The molecule has 2 aromatic heterocycles. The van der Waals surface area contributed by atoms with E-state index in [4.69, 9.17) is 9.47 Å². The maximum Gasteiger partial charge on any atom is 0.255 e. The van der Waals surface area contributed by atoms with Crippen molar-refractivity contribution >= 4 is 27.9 Å². The summed E-state index contributed by atoms with van der Waals surface area (Å²) in [7, 11) is 3.10. The van der Waals surface area contributed by atoms with Gasteiger partial charge in [0.15, 0.2) is 4.96 Å². The van der Waals surface area contributed by atoms with Gasteiger partial charge in [-0.15, -0.1) is 11.3 Å². The minimum Gasteiger partial charge on any atom is -0.497 e. The van der Waals surface area contributed by atoms with Gasteiger partial charge in [-0.3, -0.25) is 9.20 Å². The number of rotatable bonds is 5. The number of carbonyl (C=O) groups excluding carboxylic acids is 1. The van der Waals surface area contributed by atoms with Gasteiger partial charge in [0, 0.05) is 35.0 Å². The van der Waals surface area contributed by atoms with Gasteiger partial charge in [-0.25, -0.2) is 4.98 Å². The molecule has 0 atom stereocenters. The van der Waals surface area contributed by atoms with Gasteiger partial charge in [-0.05, 0) is 18.2 Å². The monoisotopic (exact) mass is 379 g/mol. The Labute approximate surface area is 160 Å². The zero-order valence-electron chi connectivity index (χ0n) is 14.8. The van der Waals surface area contributed by atoms with Gasteiger partial charge in [0.25, 0.3) is 5.91 Å². The second-order valence-electron chi connectivity index (χ2n) is 5.82. The standard InChI is InChI=1S/C20H17N3O3S/c1-25-14-9-13(10-15(11-14)26-2)19(24)21-17-6-4-3-5-16(17)18-12-23-7-8-27-20(23)22-18/h3-12H,1-2H3,(H,21,24). The average molecular weight is 379 g/mol. The van der Waals surface area contributed by atoms with E-state index in [9.17, 15) is 4.79 Å². The van der Waals surface area contributed by atoms with Gasteiger partial charge >= 0.3 is 0 Å². The Morgan fingerprint density at radius 1 is 1.11 bits per heavy atom. The van der Waals surface area contributed by atoms with Crippen molar-refractivity contribution in [2.75, 3.05) is 19.5 Å². The Morgan fingerprint density at radius 3 is 2.56 bits per heavy atom. The van der Waals surface area contributed by atoms with Crippen molar-refractivity contribution in [1.29, 1.82) is 0 Å². The summed E-state index contributed by atoms with van der Waals surface area (Å²) < 4.78 is 12.5. The second-order valence-corrected chi connectivity index (χ2v) is 6.69. The first-order chi connectivity index (χ1) is 13.2. The molecule has 1 N–H and O–H groups in total. The van der Waals surface area contributed by atoms with Crippen molar-refractivity contribution in [2.45, 2.75) is 0 Å². The largest absolute Gasteiger partial charge is 0.497 e. The fourth-order valence-corrected chi connectivity index (χ4v) is 3.51. The van der Waals surface area contributed by atoms with Gasteiger partial charge in [0.2, 0.25) is 0 Å². The molecule has 136 valence electrons. The van der Waals surface area contributed by atoms with Crippen molar-refractivity contribution < 1.29 is 14.3 Å². The molecule has 0 radical (unpaired) electrons. The van der Waals surface area contributed by atoms with Gasteiger partial charge in [-0.2, -0.15) is 0 Å². The van der Waals surface area contributed by atoms with Crippen LogP contribution in [-0.4, -0.2) is 29.5 Å². The predicted molar refractivity (Wildman–Crippen MR) is 106 cm³/mol. The van der Waals surface area contributed by atoms with Crippen molar-refractivity contribution in [3.8, 4) is 22.8 Å². The lowest BCUT2D eigenvalue weighted by atomic mass is 10.1. The number of benzene rings is 2. The highest BCUT2D eigenvalue weighted by Crippen LogP contribution is 2.29. The van der Waals surface area contributed by atoms with Crippen LogP contribution in [0.2, 0.25) is 0 Å². The van der Waals surface area contributed by atoms with Crippen LogP contribution < -0.4 is 14.8 Å². The molecule has 27 heavy (non-hydrogen) atoms. The molecule has 0 fully saturated rings. The summed E-state index contributed by atoms with van der Waals surface area (Å²) >= 11 is 1.56. The molecule has 2 heterocycles. The summed E-state index contributed by atoms with van der Waals surface area (Å²) in [5.74, 6) is 0.866. The molecule has 0 aliphatic heterocycles. The van der Waals surface area contributed by atoms with Gasteiger partial charge < -0.3 is 14.8 Å². The van der Waals surface area contributed by atoms with Crippen LogP contribution in [0, 0.1) is 0 Å². The SMILES string of the molecule is COc1cc(OC)cc(C(=O)Nc2ccccc2-c2cn3ccsc3n2)c1. The number of nitrogens with zero attached hydrogens (tertiary/aromatic N) is 2. The first-order valence-corrected chi connectivity index (χ1v) is 9.12. The summed E-state index contributed by atoms with van der Waals surface area (Å²) in [4.78, 5) is 18.3. The minimum atomic E-state index is -0.249. The van der Waals surface area contributed by atoms with E-state index in [0.717, 1.165) is 16.2 Å². The molecule has 0 spiro atoms. The number of hydrogen-bond acceptors (Lipinski definition) is 5. The Bertz CT molecular complexity index is 1070. The first-order valence-electron chi connectivity index (χ1n) is 8.24. The third-order valence-corrected chi connectivity index (χ3v) is 4.93. The molecular formula is C20H17N3O3S. The topological polar surface area (TPSA) is 64.9 Å². The van der Waals surface area contributed by atoms with E-state index in [1.54, 1.807) is 43.8 Å². The number of carbonyl (C=O) groups is 1. The van der Waals surface area contributed by atoms with Gasteiger partial charge in [0.05, 0.1) is 25.6 Å². The number of fused-ring (bicyclic) bond motifs is 1. The van der Waals surface area contributed by atoms with E-state index >= 15 is 0 Å². The van der Waals surface area contributed by atoms with Crippen LogP contribution in [0.25, 0.3) is 16.2 Å². The Morgan fingerprint density at radius 2 is 1.85 bits per heavy atom. The lowest BCUT2D eigenvalue weighted by Crippen LogP contribution is -2.13. The molecule has 2 aromatic carbocycles. The lowest BCUT2D eigenvalue weighted by Gasteiger charge is -2.11. The molecule has 4 aromatic rings. The molecule has 6 nitrogen and oxygen atoms in total. The molecule has 0 bridgehead atoms. The fraction of sp³-hybridized carbons (Fsp3) is 0.100. The number of ether oxygens (including phenoxy) is 2. The van der Waals surface area contributed by atoms with Crippen molar-refractivity contribution in [1.82, 2.24) is 9.38 Å². The zero-order valence-corrected chi connectivity index (χ0v) is 15.6. The van der Waals surface area contributed by atoms with Gasteiger partial charge in [0.1, 0.15) is 11.5 Å².